The average molecular weight is 410 g/mol. The van der Waals surface area contributed by atoms with Crippen LogP contribution in [0.15, 0.2) is 41.4 Å². The van der Waals surface area contributed by atoms with E-state index >= 15 is 0 Å². The molecule has 1 heterocycles. The molecule has 6 heteroatoms. The van der Waals surface area contributed by atoms with Gasteiger partial charge in [0.1, 0.15) is 5.92 Å². The van der Waals surface area contributed by atoms with E-state index in [0.29, 0.717) is 17.9 Å². The number of hydrogen-bond donors (Lipinski definition) is 2. The van der Waals surface area contributed by atoms with E-state index in [9.17, 15) is 4.79 Å². The Labute approximate surface area is 178 Å². The lowest BCUT2D eigenvalue weighted by Crippen LogP contribution is -2.20. The molecule has 1 aliphatic rings. The van der Waals surface area contributed by atoms with Crippen LogP contribution in [0.3, 0.4) is 0 Å². The van der Waals surface area contributed by atoms with Crippen molar-refractivity contribution in [2.24, 2.45) is 4.99 Å². The van der Waals surface area contributed by atoms with Gasteiger partial charge in [0.2, 0.25) is 5.91 Å². The zero-order chi connectivity index (χ0) is 21.5. The standard InChI is InChI=1S/C24H31N3O3/c1-5-7-12-25-15-16-8-10-17(11-9-16)26-19(6-2)23-18-13-21(29-3)22(30-4)14-20(18)27-24(23)28/h8-11,13-14,23,25H,5-7,12,15H2,1-4H3,(H,27,28). The Kier molecular flexibility index (Phi) is 7.46. The molecule has 2 N–H and O–H groups in total. The summed E-state index contributed by atoms with van der Waals surface area (Å²) >= 11 is 0. The van der Waals surface area contributed by atoms with E-state index in [1.54, 1.807) is 20.3 Å². The molecule has 0 radical (unpaired) electrons. The fraction of sp³-hybridized carbons (Fsp3) is 0.417. The maximum atomic E-state index is 12.8. The number of nitrogens with zero attached hydrogens (tertiary/aromatic N) is 1. The number of fused-ring (bicyclic) bond motifs is 1. The van der Waals surface area contributed by atoms with Crippen molar-refractivity contribution in [3.63, 3.8) is 0 Å². The number of amides is 1. The van der Waals surface area contributed by atoms with Crippen LogP contribution in [0.1, 0.15) is 50.2 Å². The lowest BCUT2D eigenvalue weighted by Gasteiger charge is -2.14. The SMILES string of the molecule is CCCCNCc1ccc(N=C(CC)C2C(=O)Nc3cc(OC)c(OC)cc32)cc1. The number of benzene rings is 2. The first-order valence-corrected chi connectivity index (χ1v) is 10.5. The normalized spacial score (nSPS) is 15.7. The summed E-state index contributed by atoms with van der Waals surface area (Å²) in [6, 6.07) is 11.9. The van der Waals surface area contributed by atoms with Crippen molar-refractivity contribution in [3.8, 4) is 11.5 Å². The lowest BCUT2D eigenvalue weighted by atomic mass is 9.93. The molecule has 30 heavy (non-hydrogen) atoms. The lowest BCUT2D eigenvalue weighted by molar-refractivity contribution is -0.115. The van der Waals surface area contributed by atoms with Gasteiger partial charge in [-0.05, 0) is 48.7 Å². The Bertz CT molecular complexity index is 907. The van der Waals surface area contributed by atoms with Gasteiger partial charge in [-0.1, -0.05) is 32.4 Å². The van der Waals surface area contributed by atoms with Crippen LogP contribution in [0.5, 0.6) is 11.5 Å². The van der Waals surface area contributed by atoms with Crippen molar-refractivity contribution in [2.45, 2.75) is 45.6 Å². The van der Waals surface area contributed by atoms with Crippen LogP contribution in [0.4, 0.5) is 11.4 Å². The molecular formula is C24H31N3O3. The van der Waals surface area contributed by atoms with E-state index in [4.69, 9.17) is 14.5 Å². The number of ether oxygens (including phenoxy) is 2. The van der Waals surface area contributed by atoms with Gasteiger partial charge < -0.3 is 20.1 Å². The molecule has 1 aliphatic heterocycles. The number of nitrogens with one attached hydrogen (secondary N) is 2. The Hall–Kier alpha value is -2.86. The minimum absolute atomic E-state index is 0.0716. The summed E-state index contributed by atoms with van der Waals surface area (Å²) in [6.45, 7) is 6.09. The first kappa shape index (κ1) is 21.8. The molecule has 0 fully saturated rings. The Balaban J connectivity index is 1.82. The molecule has 3 rings (SSSR count). The first-order chi connectivity index (χ1) is 14.6. The largest absolute Gasteiger partial charge is 0.493 e. The maximum Gasteiger partial charge on any atom is 0.237 e. The average Bonchev–Trinajstić information content (AvgIpc) is 3.09. The zero-order valence-corrected chi connectivity index (χ0v) is 18.2. The first-order valence-electron chi connectivity index (χ1n) is 10.5. The predicted molar refractivity (Wildman–Crippen MR) is 121 cm³/mol. The van der Waals surface area contributed by atoms with Crippen LogP contribution >= 0.6 is 0 Å². The van der Waals surface area contributed by atoms with E-state index in [0.717, 1.165) is 35.7 Å². The number of carbonyl (C=O) groups excluding carboxylic acids is 1. The number of methoxy groups -OCH3 is 2. The second-order valence-corrected chi connectivity index (χ2v) is 7.37. The third-order valence-corrected chi connectivity index (χ3v) is 5.33. The fourth-order valence-corrected chi connectivity index (χ4v) is 3.66. The molecule has 1 amide bonds. The van der Waals surface area contributed by atoms with Gasteiger partial charge in [-0.15, -0.1) is 0 Å². The van der Waals surface area contributed by atoms with Gasteiger partial charge in [-0.2, -0.15) is 0 Å². The summed E-state index contributed by atoms with van der Waals surface area (Å²) in [5.74, 6) is 0.696. The highest BCUT2D eigenvalue weighted by Gasteiger charge is 2.35. The van der Waals surface area contributed by atoms with Gasteiger partial charge in [-0.3, -0.25) is 9.79 Å². The molecule has 1 atom stereocenters. The topological polar surface area (TPSA) is 72.0 Å². The van der Waals surface area contributed by atoms with Crippen LogP contribution in [0.2, 0.25) is 0 Å². The molecule has 0 spiro atoms. The molecule has 2 aromatic rings. The number of anilines is 1. The number of carbonyl (C=O) groups is 1. The number of unbranched alkanes of at least 4 members (excludes halogenated alkanes) is 1. The van der Waals surface area contributed by atoms with E-state index in [-0.39, 0.29) is 5.91 Å². The summed E-state index contributed by atoms with van der Waals surface area (Å²) in [5.41, 5.74) is 4.52. The molecule has 160 valence electrons. The Morgan fingerprint density at radius 1 is 1.10 bits per heavy atom. The van der Waals surface area contributed by atoms with Gasteiger partial charge >= 0.3 is 0 Å². The highest BCUT2D eigenvalue weighted by molar-refractivity contribution is 6.19. The van der Waals surface area contributed by atoms with E-state index in [1.165, 1.54) is 18.4 Å². The van der Waals surface area contributed by atoms with Gasteiger partial charge in [-0.25, -0.2) is 0 Å². The minimum atomic E-state index is -0.430. The Morgan fingerprint density at radius 3 is 2.43 bits per heavy atom. The maximum absolute atomic E-state index is 12.8. The van der Waals surface area contributed by atoms with E-state index < -0.39 is 5.92 Å². The summed E-state index contributed by atoms with van der Waals surface area (Å²) in [6.07, 6.45) is 3.05. The number of hydrogen-bond acceptors (Lipinski definition) is 5. The molecule has 2 aromatic carbocycles. The third-order valence-electron chi connectivity index (χ3n) is 5.33. The van der Waals surface area contributed by atoms with Gasteiger partial charge in [0.25, 0.3) is 0 Å². The second kappa shape index (κ2) is 10.3. The molecule has 0 aliphatic carbocycles. The monoisotopic (exact) mass is 409 g/mol. The minimum Gasteiger partial charge on any atom is -0.493 e. The molecule has 0 saturated heterocycles. The third kappa shape index (κ3) is 4.82. The summed E-state index contributed by atoms with van der Waals surface area (Å²) in [5, 5.41) is 6.40. The van der Waals surface area contributed by atoms with Crippen LogP contribution in [-0.4, -0.2) is 32.4 Å². The van der Waals surface area contributed by atoms with Crippen molar-refractivity contribution in [1.29, 1.82) is 0 Å². The van der Waals surface area contributed by atoms with Gasteiger partial charge in [0, 0.05) is 24.0 Å². The number of aliphatic imine (C=N–C) groups is 1. The van der Waals surface area contributed by atoms with Crippen molar-refractivity contribution in [1.82, 2.24) is 5.32 Å². The van der Waals surface area contributed by atoms with Crippen LogP contribution in [0.25, 0.3) is 0 Å². The molecule has 0 aromatic heterocycles. The predicted octanol–water partition coefficient (Wildman–Crippen LogP) is 4.81. The van der Waals surface area contributed by atoms with Crippen molar-refractivity contribution in [3.05, 3.63) is 47.5 Å². The Morgan fingerprint density at radius 2 is 1.80 bits per heavy atom. The molecule has 0 bridgehead atoms. The summed E-state index contributed by atoms with van der Waals surface area (Å²) < 4.78 is 10.8. The zero-order valence-electron chi connectivity index (χ0n) is 18.2. The molecule has 6 nitrogen and oxygen atoms in total. The van der Waals surface area contributed by atoms with Crippen molar-refractivity contribution >= 4 is 23.0 Å². The smallest absolute Gasteiger partial charge is 0.237 e. The van der Waals surface area contributed by atoms with Gasteiger partial charge in [0.15, 0.2) is 11.5 Å². The number of rotatable bonds is 10. The molecule has 1 unspecified atom stereocenters. The van der Waals surface area contributed by atoms with Crippen LogP contribution in [0, 0.1) is 0 Å². The van der Waals surface area contributed by atoms with E-state index in [1.807, 2.05) is 25.1 Å². The summed E-state index contributed by atoms with van der Waals surface area (Å²) in [7, 11) is 3.18. The molecular weight excluding hydrogens is 378 g/mol. The highest BCUT2D eigenvalue weighted by Crippen LogP contribution is 2.42. The summed E-state index contributed by atoms with van der Waals surface area (Å²) in [4.78, 5) is 17.6. The van der Waals surface area contributed by atoms with Crippen LogP contribution < -0.4 is 20.1 Å². The van der Waals surface area contributed by atoms with E-state index in [2.05, 4.69) is 29.7 Å². The van der Waals surface area contributed by atoms with Crippen LogP contribution in [-0.2, 0) is 11.3 Å². The fourth-order valence-electron chi connectivity index (χ4n) is 3.66. The van der Waals surface area contributed by atoms with Gasteiger partial charge in [0.05, 0.1) is 19.9 Å². The quantitative estimate of drug-likeness (QED) is 0.436. The molecule has 0 saturated carbocycles. The highest BCUT2D eigenvalue weighted by atomic mass is 16.5. The second-order valence-electron chi connectivity index (χ2n) is 7.37. The van der Waals surface area contributed by atoms with Crippen molar-refractivity contribution in [2.75, 3.05) is 26.1 Å². The van der Waals surface area contributed by atoms with Crippen molar-refractivity contribution < 1.29 is 14.3 Å².